The van der Waals surface area contributed by atoms with Gasteiger partial charge in [0.15, 0.2) is 0 Å². The Bertz CT molecular complexity index is 334. The first-order valence-electron chi connectivity index (χ1n) is 5.32. The zero-order valence-corrected chi connectivity index (χ0v) is 9.97. The van der Waals surface area contributed by atoms with E-state index in [-0.39, 0.29) is 15.0 Å². The summed E-state index contributed by atoms with van der Waals surface area (Å²) in [5.74, 6) is 0.850. The predicted octanol–water partition coefficient (Wildman–Crippen LogP) is 2.03. The zero-order valence-electron chi connectivity index (χ0n) is 10.3. The quantitative estimate of drug-likeness (QED) is 0.581. The first kappa shape index (κ1) is 7.90. The monoisotopic (exact) mass is 245 g/mol. The van der Waals surface area contributed by atoms with Gasteiger partial charge in [-0.25, -0.2) is 0 Å². The Morgan fingerprint density at radius 3 is 2.77 bits per heavy atom. The van der Waals surface area contributed by atoms with Gasteiger partial charge in [0.2, 0.25) is 0 Å². The number of hydrogen-bond acceptors (Lipinski definition) is 1. The minimum absolute atomic E-state index is 0.134. The molecule has 1 nitrogen and oxygen atoms in total. The molecule has 0 N–H and O–H groups in total. The molecule has 0 aliphatic rings. The summed E-state index contributed by atoms with van der Waals surface area (Å²) in [6.07, 6.45) is 0.921. The van der Waals surface area contributed by atoms with Crippen LogP contribution in [0.15, 0.2) is 18.2 Å². The Labute approximate surface area is 89.5 Å². The van der Waals surface area contributed by atoms with E-state index in [9.17, 15) is 0 Å². The molecule has 0 atom stereocenters. The molecule has 0 saturated carbocycles. The fourth-order valence-electron chi connectivity index (χ4n) is 1.17. The summed E-state index contributed by atoms with van der Waals surface area (Å²) in [4.78, 5) is 0. The summed E-state index contributed by atoms with van der Waals surface area (Å²) in [7, 11) is 1.65. The fourth-order valence-corrected chi connectivity index (χ4v) is 2.62. The van der Waals surface area contributed by atoms with Gasteiger partial charge in [-0.3, -0.25) is 0 Å². The maximum atomic E-state index is 7.60. The third kappa shape index (κ3) is 2.75. The zero-order chi connectivity index (χ0) is 11.5. The molecule has 0 radical (unpaired) electrons. The standard InChI is InChI=1S/C11H16OSe/c1-4-9-8-10(12-3)6-7-11(9)13-5-2/h6-8H,4-5H2,1-3H3/i5+1H2. The van der Waals surface area contributed by atoms with E-state index in [0.29, 0.717) is 0 Å². The molecule has 0 aliphatic carbocycles. The summed E-state index contributed by atoms with van der Waals surface area (Å²) >= 11 is -0.134. The number of ether oxygens (including phenoxy) is 1. The first-order chi connectivity index (χ1) is 6.96. The molecule has 0 unspecified atom stereocenters. The van der Waals surface area contributed by atoms with Gasteiger partial charge in [0.05, 0.1) is 0 Å². The van der Waals surface area contributed by atoms with Crippen LogP contribution in [0.1, 0.15) is 22.2 Å². The van der Waals surface area contributed by atoms with Gasteiger partial charge in [-0.15, -0.1) is 0 Å². The Morgan fingerprint density at radius 2 is 2.23 bits per heavy atom. The van der Waals surface area contributed by atoms with Crippen molar-refractivity contribution in [3.8, 4) is 5.75 Å². The Morgan fingerprint density at radius 1 is 1.46 bits per heavy atom. The van der Waals surface area contributed by atoms with Gasteiger partial charge in [-0.05, 0) is 0 Å². The van der Waals surface area contributed by atoms with Gasteiger partial charge in [0, 0.05) is 0 Å². The Hall–Kier alpha value is -0.461. The molecule has 1 aromatic rings. The van der Waals surface area contributed by atoms with Gasteiger partial charge < -0.3 is 0 Å². The van der Waals surface area contributed by atoms with E-state index in [0.717, 1.165) is 16.6 Å². The third-order valence-corrected chi connectivity index (χ3v) is 3.59. The van der Waals surface area contributed by atoms with E-state index < -0.39 is 5.27 Å². The topological polar surface area (TPSA) is 9.23 Å². The van der Waals surface area contributed by atoms with Crippen molar-refractivity contribution in [3.05, 3.63) is 23.8 Å². The van der Waals surface area contributed by atoms with Crippen LogP contribution >= 0.6 is 0 Å². The second kappa shape index (κ2) is 5.31. The fraction of sp³-hybridized carbons (Fsp3) is 0.455. The molecule has 0 saturated heterocycles. The van der Waals surface area contributed by atoms with Crippen molar-refractivity contribution in [2.75, 3.05) is 7.11 Å². The summed E-state index contributed by atoms with van der Waals surface area (Å²) < 4.78 is 21.5. The molecule has 0 spiro atoms. The summed E-state index contributed by atoms with van der Waals surface area (Å²) in [5, 5.41) is -1.09. The van der Waals surface area contributed by atoms with E-state index in [1.165, 1.54) is 5.56 Å². The normalized spacial score (nSPS) is 13.5. The van der Waals surface area contributed by atoms with Crippen molar-refractivity contribution in [2.45, 2.75) is 25.5 Å². The van der Waals surface area contributed by atoms with Gasteiger partial charge >= 0.3 is 89.1 Å². The van der Waals surface area contributed by atoms with Crippen LogP contribution in [0.2, 0.25) is 5.27 Å². The van der Waals surface area contributed by atoms with Gasteiger partial charge in [0.25, 0.3) is 0 Å². The van der Waals surface area contributed by atoms with Gasteiger partial charge in [-0.2, -0.15) is 0 Å². The molecule has 0 fully saturated rings. The van der Waals surface area contributed by atoms with Gasteiger partial charge in [-0.1, -0.05) is 0 Å². The average Bonchev–Trinajstić information content (AvgIpc) is 2.16. The van der Waals surface area contributed by atoms with Crippen LogP contribution in [-0.4, -0.2) is 22.1 Å². The van der Waals surface area contributed by atoms with Crippen LogP contribution in [0.3, 0.4) is 0 Å². The van der Waals surface area contributed by atoms with E-state index in [4.69, 9.17) is 7.48 Å². The van der Waals surface area contributed by atoms with E-state index in [2.05, 4.69) is 6.92 Å². The maximum absolute atomic E-state index is 7.60. The van der Waals surface area contributed by atoms with Crippen LogP contribution in [0.4, 0.5) is 0 Å². The minimum atomic E-state index is -1.09. The molecule has 1 rings (SSSR count). The second-order valence-electron chi connectivity index (χ2n) is 2.63. The summed E-state index contributed by atoms with van der Waals surface area (Å²) in [5.41, 5.74) is 1.19. The Kier molecular flexibility index (Phi) is 3.23. The van der Waals surface area contributed by atoms with E-state index in [1.54, 1.807) is 14.0 Å². The van der Waals surface area contributed by atoms with Crippen LogP contribution < -0.4 is 9.20 Å². The van der Waals surface area contributed by atoms with Gasteiger partial charge in [0.1, 0.15) is 0 Å². The Balaban J connectivity index is 2.97. The summed E-state index contributed by atoms with van der Waals surface area (Å²) in [6.45, 7) is 3.72. The number of methoxy groups -OCH3 is 1. The van der Waals surface area contributed by atoms with Crippen LogP contribution in [0.25, 0.3) is 0 Å². The number of rotatable bonds is 4. The van der Waals surface area contributed by atoms with Crippen molar-refractivity contribution >= 4 is 19.4 Å². The van der Waals surface area contributed by atoms with E-state index in [1.807, 2.05) is 18.2 Å². The van der Waals surface area contributed by atoms with Crippen LogP contribution in [0, 0.1) is 0 Å². The number of benzene rings is 1. The molecule has 0 aromatic heterocycles. The third-order valence-electron chi connectivity index (χ3n) is 1.86. The van der Waals surface area contributed by atoms with E-state index >= 15 is 0 Å². The van der Waals surface area contributed by atoms with Crippen molar-refractivity contribution in [3.63, 3.8) is 0 Å². The summed E-state index contributed by atoms with van der Waals surface area (Å²) in [6, 6.07) is 5.89. The van der Waals surface area contributed by atoms with Crippen molar-refractivity contribution in [2.24, 2.45) is 0 Å². The van der Waals surface area contributed by atoms with Crippen molar-refractivity contribution < 1.29 is 7.48 Å². The number of aryl methyl sites for hydroxylation is 1. The first-order valence-corrected chi connectivity index (χ1v) is 6.03. The number of hydrogen-bond donors (Lipinski definition) is 0. The molecule has 2 heteroatoms. The van der Waals surface area contributed by atoms with Crippen molar-refractivity contribution in [1.82, 2.24) is 0 Å². The SMILES string of the molecule is [1H][13C]([1H])(C)[Se]c1ccc(OC)cc1CC. The molecule has 0 heterocycles. The molecule has 0 aliphatic heterocycles. The molecule has 0 bridgehead atoms. The van der Waals surface area contributed by atoms with Crippen LogP contribution in [-0.2, 0) is 6.42 Å². The van der Waals surface area contributed by atoms with Crippen molar-refractivity contribution in [1.29, 1.82) is 0 Å². The molecule has 0 amide bonds. The predicted molar refractivity (Wildman–Crippen MR) is 58.2 cm³/mol. The molecule has 1 aromatic carbocycles. The molecular weight excluding hydrogens is 228 g/mol. The van der Waals surface area contributed by atoms with Crippen LogP contribution in [0.5, 0.6) is 5.75 Å². The molecule has 13 heavy (non-hydrogen) atoms. The molecular formula is C11H16OSe. The molecule has 72 valence electrons. The second-order valence-corrected chi connectivity index (χ2v) is 4.84. The average molecular weight is 244 g/mol.